The quantitative estimate of drug-likeness (QED) is 0.630. The van der Waals surface area contributed by atoms with Gasteiger partial charge in [0, 0.05) is 6.08 Å². The second-order valence-corrected chi connectivity index (χ2v) is 1.63. The summed E-state index contributed by atoms with van der Waals surface area (Å²) in [5.41, 5.74) is 0. The van der Waals surface area contributed by atoms with Crippen LogP contribution in [0.3, 0.4) is 0 Å². The molecule has 1 rings (SSSR count). The van der Waals surface area contributed by atoms with Crippen molar-refractivity contribution in [3.05, 3.63) is 18.4 Å². The van der Waals surface area contributed by atoms with Crippen molar-refractivity contribution in [1.29, 1.82) is 0 Å². The van der Waals surface area contributed by atoms with Crippen LogP contribution in [0.1, 0.15) is 12.7 Å². The number of nitrogens with zero attached hydrogens (tertiary/aromatic N) is 2. The third-order valence-electron chi connectivity index (χ3n) is 0.922. The summed E-state index contributed by atoms with van der Waals surface area (Å²) in [6.07, 6.45) is 4.75. The molecule has 0 spiro atoms. The van der Waals surface area contributed by atoms with Crippen LogP contribution in [0.25, 0.3) is 6.08 Å². The Morgan fingerprint density at radius 2 is 2.70 bits per heavy atom. The fourth-order valence-electron chi connectivity index (χ4n) is 0.504. The molecule has 54 valence electrons. The summed E-state index contributed by atoms with van der Waals surface area (Å²) in [5.74, 6) is 0.702. The fraction of sp³-hybridized carbons (Fsp3) is 0.333. The van der Waals surface area contributed by atoms with E-state index in [-0.39, 0.29) is 0 Å². The van der Waals surface area contributed by atoms with Crippen molar-refractivity contribution in [3.8, 4) is 0 Å². The Balaban J connectivity index is 2.40. The molecular weight excluding hydrogens is 130 g/mol. The van der Waals surface area contributed by atoms with Crippen LogP contribution >= 0.6 is 0 Å². The van der Waals surface area contributed by atoms with E-state index in [1.54, 1.807) is 12.3 Å². The predicted molar refractivity (Wildman–Crippen MR) is 37.0 cm³/mol. The van der Waals surface area contributed by atoms with Gasteiger partial charge in [0.1, 0.15) is 6.33 Å². The van der Waals surface area contributed by atoms with Crippen LogP contribution in [0.5, 0.6) is 0 Å². The summed E-state index contributed by atoms with van der Waals surface area (Å²) in [7, 11) is 0. The SMILES string of the molecule is CCOC=Cc1ncn[nH]1. The van der Waals surface area contributed by atoms with Gasteiger partial charge in [0.25, 0.3) is 0 Å². The Labute approximate surface area is 58.9 Å². The largest absolute Gasteiger partial charge is 0.501 e. The van der Waals surface area contributed by atoms with Crippen LogP contribution in [0.4, 0.5) is 0 Å². The van der Waals surface area contributed by atoms with Crippen molar-refractivity contribution in [3.63, 3.8) is 0 Å². The monoisotopic (exact) mass is 139 g/mol. The van der Waals surface area contributed by atoms with E-state index in [0.29, 0.717) is 12.4 Å². The highest BCUT2D eigenvalue weighted by Crippen LogP contribution is 1.89. The average Bonchev–Trinajstić information content (AvgIpc) is 2.41. The van der Waals surface area contributed by atoms with Crippen molar-refractivity contribution in [2.75, 3.05) is 6.61 Å². The molecule has 0 aromatic carbocycles. The molecule has 4 nitrogen and oxygen atoms in total. The normalized spacial score (nSPS) is 10.5. The third kappa shape index (κ3) is 1.89. The highest BCUT2D eigenvalue weighted by Gasteiger charge is 1.84. The van der Waals surface area contributed by atoms with Crippen LogP contribution in [0, 0.1) is 0 Å². The molecule has 0 aliphatic heterocycles. The van der Waals surface area contributed by atoms with E-state index in [4.69, 9.17) is 4.74 Å². The Kier molecular flexibility index (Phi) is 2.49. The zero-order valence-corrected chi connectivity index (χ0v) is 5.74. The number of hydrogen-bond acceptors (Lipinski definition) is 3. The van der Waals surface area contributed by atoms with E-state index >= 15 is 0 Å². The second kappa shape index (κ2) is 3.66. The van der Waals surface area contributed by atoms with Gasteiger partial charge in [0.2, 0.25) is 0 Å². The molecule has 0 atom stereocenters. The molecule has 0 radical (unpaired) electrons. The molecule has 1 N–H and O–H groups in total. The molecule has 1 aromatic heterocycles. The van der Waals surface area contributed by atoms with Gasteiger partial charge >= 0.3 is 0 Å². The first kappa shape index (κ1) is 6.80. The summed E-state index contributed by atoms with van der Waals surface area (Å²) in [6.45, 7) is 2.59. The third-order valence-corrected chi connectivity index (χ3v) is 0.922. The van der Waals surface area contributed by atoms with Gasteiger partial charge in [-0.3, -0.25) is 5.10 Å². The van der Waals surface area contributed by atoms with Crippen LogP contribution in [-0.4, -0.2) is 21.8 Å². The van der Waals surface area contributed by atoms with E-state index in [9.17, 15) is 0 Å². The lowest BCUT2D eigenvalue weighted by Crippen LogP contribution is -1.78. The summed E-state index contributed by atoms with van der Waals surface area (Å²) in [6, 6.07) is 0. The van der Waals surface area contributed by atoms with Crippen molar-refractivity contribution in [1.82, 2.24) is 15.2 Å². The van der Waals surface area contributed by atoms with Crippen LogP contribution in [0.15, 0.2) is 12.6 Å². The first-order valence-electron chi connectivity index (χ1n) is 3.07. The van der Waals surface area contributed by atoms with Crippen molar-refractivity contribution >= 4 is 6.08 Å². The first-order valence-corrected chi connectivity index (χ1v) is 3.07. The number of aromatic nitrogens is 3. The summed E-state index contributed by atoms with van der Waals surface area (Å²) in [5, 5.41) is 6.33. The van der Waals surface area contributed by atoms with Gasteiger partial charge < -0.3 is 4.74 Å². The lowest BCUT2D eigenvalue weighted by atomic mass is 10.6. The molecule has 0 saturated carbocycles. The second-order valence-electron chi connectivity index (χ2n) is 1.63. The maximum atomic E-state index is 4.94. The number of rotatable bonds is 3. The molecule has 0 unspecified atom stereocenters. The number of hydrogen-bond donors (Lipinski definition) is 1. The highest BCUT2D eigenvalue weighted by molar-refractivity contribution is 5.36. The smallest absolute Gasteiger partial charge is 0.151 e. The fourth-order valence-corrected chi connectivity index (χ4v) is 0.504. The molecule has 4 heteroatoms. The standard InChI is InChI=1S/C6H9N3O/c1-2-10-4-3-6-7-5-8-9-6/h3-5H,2H2,1H3,(H,7,8,9). The summed E-state index contributed by atoms with van der Waals surface area (Å²) >= 11 is 0. The molecule has 0 aliphatic carbocycles. The zero-order chi connectivity index (χ0) is 7.23. The zero-order valence-electron chi connectivity index (χ0n) is 5.74. The molecule has 0 bridgehead atoms. The molecule has 1 heterocycles. The Bertz CT molecular complexity index is 193. The van der Waals surface area contributed by atoms with Crippen LogP contribution in [-0.2, 0) is 4.74 Å². The summed E-state index contributed by atoms with van der Waals surface area (Å²) in [4.78, 5) is 3.85. The Morgan fingerprint density at radius 3 is 3.30 bits per heavy atom. The number of ether oxygens (including phenoxy) is 1. The maximum absolute atomic E-state index is 4.94. The van der Waals surface area contributed by atoms with Gasteiger partial charge in [-0.15, -0.1) is 0 Å². The van der Waals surface area contributed by atoms with Gasteiger partial charge in [-0.2, -0.15) is 5.10 Å². The lowest BCUT2D eigenvalue weighted by Gasteiger charge is -1.88. The first-order chi connectivity index (χ1) is 4.93. The van der Waals surface area contributed by atoms with E-state index in [1.807, 2.05) is 6.92 Å². The highest BCUT2D eigenvalue weighted by atomic mass is 16.5. The molecule has 1 aromatic rings. The minimum atomic E-state index is 0.671. The molecule has 0 saturated heterocycles. The van der Waals surface area contributed by atoms with Gasteiger partial charge in [-0.25, -0.2) is 4.98 Å². The van der Waals surface area contributed by atoms with E-state index in [2.05, 4.69) is 15.2 Å². The molecule has 0 aliphatic rings. The van der Waals surface area contributed by atoms with Crippen molar-refractivity contribution < 1.29 is 4.74 Å². The van der Waals surface area contributed by atoms with Crippen LogP contribution < -0.4 is 0 Å². The van der Waals surface area contributed by atoms with E-state index in [0.717, 1.165) is 0 Å². The van der Waals surface area contributed by atoms with Crippen molar-refractivity contribution in [2.45, 2.75) is 6.92 Å². The molecule has 10 heavy (non-hydrogen) atoms. The van der Waals surface area contributed by atoms with Gasteiger partial charge in [-0.1, -0.05) is 0 Å². The van der Waals surface area contributed by atoms with E-state index in [1.165, 1.54) is 6.33 Å². The minimum absolute atomic E-state index is 0.671. The minimum Gasteiger partial charge on any atom is -0.501 e. The van der Waals surface area contributed by atoms with Crippen LogP contribution in [0.2, 0.25) is 0 Å². The molecular formula is C6H9N3O. The number of H-pyrrole nitrogens is 1. The Hall–Kier alpha value is -1.32. The predicted octanol–water partition coefficient (Wildman–Crippen LogP) is 0.812. The van der Waals surface area contributed by atoms with E-state index < -0.39 is 0 Å². The molecule has 0 amide bonds. The summed E-state index contributed by atoms with van der Waals surface area (Å²) < 4.78 is 4.94. The van der Waals surface area contributed by atoms with Crippen molar-refractivity contribution in [2.24, 2.45) is 0 Å². The topological polar surface area (TPSA) is 50.8 Å². The average molecular weight is 139 g/mol. The lowest BCUT2D eigenvalue weighted by molar-refractivity contribution is 0.272. The van der Waals surface area contributed by atoms with Gasteiger partial charge in [0.15, 0.2) is 5.82 Å². The number of nitrogens with one attached hydrogen (secondary N) is 1. The Morgan fingerprint density at radius 1 is 1.80 bits per heavy atom. The van der Waals surface area contributed by atoms with Gasteiger partial charge in [0.05, 0.1) is 12.9 Å². The van der Waals surface area contributed by atoms with Gasteiger partial charge in [-0.05, 0) is 6.92 Å². The maximum Gasteiger partial charge on any atom is 0.151 e. The molecule has 0 fully saturated rings. The number of aromatic amines is 1.